The molecule has 3 atom stereocenters. The number of nitrogen functional groups attached to an aromatic ring is 1. The molecule has 2 aromatic heterocycles. The van der Waals surface area contributed by atoms with Crippen LogP contribution in [0.25, 0.3) is 22.6 Å². The number of imidazole rings is 1. The van der Waals surface area contributed by atoms with Gasteiger partial charge < -0.3 is 20.7 Å². The number of hydrogen-bond acceptors (Lipinski definition) is 7. The van der Waals surface area contributed by atoms with Crippen LogP contribution in [0, 0.1) is 5.82 Å². The fourth-order valence-electron chi connectivity index (χ4n) is 3.04. The zero-order chi connectivity index (χ0) is 17.6. The number of nitrogens with zero attached hydrogens (tertiary/aromatic N) is 4. The van der Waals surface area contributed by atoms with E-state index in [9.17, 15) is 14.6 Å². The lowest BCUT2D eigenvalue weighted by molar-refractivity contribution is -0.0426. The summed E-state index contributed by atoms with van der Waals surface area (Å²) in [5.41, 5.74) is 7.39. The van der Waals surface area contributed by atoms with Crippen LogP contribution in [0.2, 0.25) is 0 Å². The second-order valence-electron chi connectivity index (χ2n) is 5.86. The molecule has 8 nitrogen and oxygen atoms in total. The topological polar surface area (TPSA) is 119 Å². The van der Waals surface area contributed by atoms with E-state index in [4.69, 9.17) is 10.5 Å². The number of aliphatic hydroxyl groups excluding tert-OH is 2. The Morgan fingerprint density at radius 2 is 2.04 bits per heavy atom. The number of anilines is 1. The van der Waals surface area contributed by atoms with Gasteiger partial charge in [0.25, 0.3) is 0 Å². The zero-order valence-electron chi connectivity index (χ0n) is 13.1. The van der Waals surface area contributed by atoms with E-state index in [0.717, 1.165) is 0 Å². The quantitative estimate of drug-likeness (QED) is 0.644. The third-order valence-corrected chi connectivity index (χ3v) is 4.28. The Morgan fingerprint density at radius 3 is 2.72 bits per heavy atom. The Balaban J connectivity index is 1.90. The Morgan fingerprint density at radius 1 is 1.28 bits per heavy atom. The fraction of sp³-hybridized carbons (Fsp3) is 0.312. The first-order chi connectivity index (χ1) is 12.1. The molecule has 4 rings (SSSR count). The van der Waals surface area contributed by atoms with Gasteiger partial charge in [-0.3, -0.25) is 4.57 Å². The maximum atomic E-state index is 13.3. The molecule has 1 fully saturated rings. The maximum absolute atomic E-state index is 13.3. The highest BCUT2D eigenvalue weighted by Crippen LogP contribution is 2.36. The van der Waals surface area contributed by atoms with Crippen molar-refractivity contribution in [2.24, 2.45) is 0 Å². The summed E-state index contributed by atoms with van der Waals surface area (Å²) in [4.78, 5) is 12.7. The molecule has 3 aromatic rings. The molecule has 0 bridgehead atoms. The van der Waals surface area contributed by atoms with Crippen LogP contribution >= 0.6 is 0 Å². The number of aromatic nitrogens is 4. The summed E-state index contributed by atoms with van der Waals surface area (Å²) in [6.07, 6.45) is -0.518. The maximum Gasteiger partial charge on any atom is 0.168 e. The molecule has 0 radical (unpaired) electrons. The molecule has 1 aliphatic rings. The van der Waals surface area contributed by atoms with Crippen molar-refractivity contribution in [2.45, 2.75) is 24.9 Å². The highest BCUT2D eigenvalue weighted by molar-refractivity contribution is 5.85. The summed E-state index contributed by atoms with van der Waals surface area (Å²) in [5.74, 6) is 0.320. The van der Waals surface area contributed by atoms with E-state index in [1.807, 2.05) is 0 Å². The van der Waals surface area contributed by atoms with Gasteiger partial charge in [0.15, 0.2) is 17.0 Å². The molecule has 3 heterocycles. The van der Waals surface area contributed by atoms with Gasteiger partial charge in [-0.05, 0) is 24.3 Å². The van der Waals surface area contributed by atoms with Crippen molar-refractivity contribution in [2.75, 3.05) is 12.3 Å². The molecular weight excluding hydrogens is 329 g/mol. The van der Waals surface area contributed by atoms with E-state index in [0.29, 0.717) is 22.6 Å². The van der Waals surface area contributed by atoms with Crippen LogP contribution in [-0.2, 0) is 4.74 Å². The van der Waals surface area contributed by atoms with Gasteiger partial charge in [0.05, 0.1) is 12.7 Å². The normalized spacial score (nSPS) is 23.4. The first-order valence-electron chi connectivity index (χ1n) is 7.77. The minimum absolute atomic E-state index is 0.212. The van der Waals surface area contributed by atoms with Crippen LogP contribution in [-0.4, -0.2) is 48.5 Å². The largest absolute Gasteiger partial charge is 0.394 e. The van der Waals surface area contributed by atoms with Gasteiger partial charge in [-0.15, -0.1) is 0 Å². The number of aliphatic hydroxyl groups is 2. The van der Waals surface area contributed by atoms with Gasteiger partial charge in [0.2, 0.25) is 0 Å². The Labute approximate surface area is 141 Å². The number of nitrogens with two attached hydrogens (primary N) is 1. The fourth-order valence-corrected chi connectivity index (χ4v) is 3.04. The van der Waals surface area contributed by atoms with E-state index >= 15 is 0 Å². The number of fused-ring (bicyclic) bond motifs is 1. The Bertz CT molecular complexity index is 914. The van der Waals surface area contributed by atoms with E-state index in [2.05, 4.69) is 15.0 Å². The third kappa shape index (κ3) is 2.62. The Kier molecular flexibility index (Phi) is 3.83. The summed E-state index contributed by atoms with van der Waals surface area (Å²) in [6, 6.07) is 5.83. The molecule has 0 saturated carbocycles. The van der Waals surface area contributed by atoms with Gasteiger partial charge in [0.1, 0.15) is 30.3 Å². The molecule has 1 saturated heterocycles. The summed E-state index contributed by atoms with van der Waals surface area (Å²) in [7, 11) is 0. The van der Waals surface area contributed by atoms with E-state index in [1.54, 1.807) is 16.7 Å². The lowest BCUT2D eigenvalue weighted by Crippen LogP contribution is -2.24. The number of rotatable bonds is 3. The molecule has 0 aliphatic carbocycles. The van der Waals surface area contributed by atoms with Crippen molar-refractivity contribution in [3.05, 3.63) is 36.4 Å². The number of benzene rings is 1. The summed E-state index contributed by atoms with van der Waals surface area (Å²) in [6.45, 7) is -0.298. The van der Waals surface area contributed by atoms with Crippen molar-refractivity contribution >= 4 is 17.0 Å². The van der Waals surface area contributed by atoms with Crippen LogP contribution in [0.15, 0.2) is 30.6 Å². The smallest absolute Gasteiger partial charge is 0.168 e. The monoisotopic (exact) mass is 345 g/mol. The first-order valence-corrected chi connectivity index (χ1v) is 7.77. The number of ether oxygens (including phenoxy) is 1. The standard InChI is InChI=1S/C16H16FN5O3/c17-9-3-1-8(2-4-9)15-21-13-14(18)19-7-20-16(13)22(15)12-5-10(24)11(6-23)25-12/h1-4,7,10-12,23-24H,5-6H2,(H2,18,19,20)/t10-,11+,12+/m0/s1. The SMILES string of the molecule is Nc1ncnc2c1nc(-c1ccc(F)cc1)n2[C@H]1C[C@H](O)[C@@H](CO)O1. The van der Waals surface area contributed by atoms with Gasteiger partial charge >= 0.3 is 0 Å². The van der Waals surface area contributed by atoms with Crippen LogP contribution in [0.4, 0.5) is 10.2 Å². The summed E-state index contributed by atoms with van der Waals surface area (Å²) < 4.78 is 20.7. The average Bonchev–Trinajstić information content (AvgIpc) is 3.16. The molecule has 1 aromatic carbocycles. The molecule has 130 valence electrons. The van der Waals surface area contributed by atoms with Crippen LogP contribution in [0.5, 0.6) is 0 Å². The minimum Gasteiger partial charge on any atom is -0.394 e. The van der Waals surface area contributed by atoms with Crippen LogP contribution < -0.4 is 5.73 Å². The second-order valence-corrected chi connectivity index (χ2v) is 5.86. The van der Waals surface area contributed by atoms with Gasteiger partial charge in [-0.2, -0.15) is 0 Å². The molecule has 0 unspecified atom stereocenters. The average molecular weight is 345 g/mol. The van der Waals surface area contributed by atoms with E-state index < -0.39 is 18.4 Å². The van der Waals surface area contributed by atoms with Crippen molar-refractivity contribution < 1.29 is 19.3 Å². The number of halogens is 1. The molecule has 0 spiro atoms. The van der Waals surface area contributed by atoms with E-state index in [-0.39, 0.29) is 24.7 Å². The molecule has 4 N–H and O–H groups in total. The van der Waals surface area contributed by atoms with Gasteiger partial charge in [-0.1, -0.05) is 0 Å². The predicted molar refractivity (Wildman–Crippen MR) is 86.7 cm³/mol. The lowest BCUT2D eigenvalue weighted by atomic mass is 10.2. The van der Waals surface area contributed by atoms with Crippen LogP contribution in [0.1, 0.15) is 12.6 Å². The van der Waals surface area contributed by atoms with Crippen molar-refractivity contribution in [1.82, 2.24) is 19.5 Å². The van der Waals surface area contributed by atoms with E-state index in [1.165, 1.54) is 18.5 Å². The van der Waals surface area contributed by atoms with Gasteiger partial charge in [0, 0.05) is 12.0 Å². The van der Waals surface area contributed by atoms with Gasteiger partial charge in [-0.25, -0.2) is 19.3 Å². The first kappa shape index (κ1) is 15.9. The minimum atomic E-state index is -0.812. The summed E-state index contributed by atoms with van der Waals surface area (Å²) >= 11 is 0. The van der Waals surface area contributed by atoms with Crippen LogP contribution in [0.3, 0.4) is 0 Å². The zero-order valence-corrected chi connectivity index (χ0v) is 13.1. The molecular formula is C16H16FN5O3. The second kappa shape index (κ2) is 6.03. The highest BCUT2D eigenvalue weighted by atomic mass is 19.1. The van der Waals surface area contributed by atoms with Crippen molar-refractivity contribution in [3.63, 3.8) is 0 Å². The summed E-state index contributed by atoms with van der Waals surface area (Å²) in [5, 5.41) is 19.4. The predicted octanol–water partition coefficient (Wildman–Crippen LogP) is 0.855. The molecule has 25 heavy (non-hydrogen) atoms. The van der Waals surface area contributed by atoms with Crippen molar-refractivity contribution in [3.8, 4) is 11.4 Å². The third-order valence-electron chi connectivity index (χ3n) is 4.28. The molecule has 1 aliphatic heterocycles. The highest BCUT2D eigenvalue weighted by Gasteiger charge is 2.37. The molecule has 0 amide bonds. The number of hydrogen-bond donors (Lipinski definition) is 3. The molecule has 9 heteroatoms. The van der Waals surface area contributed by atoms with Crippen molar-refractivity contribution in [1.29, 1.82) is 0 Å². The lowest BCUT2D eigenvalue weighted by Gasteiger charge is -2.16. The Hall–Kier alpha value is -2.62.